The molecule has 1 heterocycles. The number of carbonyl (C=O) groups is 2. The number of benzene rings is 4. The number of aliphatic hydroxyl groups is 1. The zero-order valence-corrected chi connectivity index (χ0v) is 30.9. The molecule has 4 aromatic rings. The van der Waals surface area contributed by atoms with Crippen LogP contribution >= 0.6 is 63.7 Å². The number of hydrogen-bond acceptors (Lipinski definition) is 7. The standard InChI is InChI=1S/C16H12Br2N2.C14H8Br2O2.C2H8N2.C2H6O/c17-13-5-1-11(2-6-13)15-16(20-10-9-19-15)12-3-7-14(18)8-4-12;15-11-5-1-9(2-6-11)13(17)14(18)10-3-7-12(16)8-4-10;3-1-2-4;1-2-3/h1-8H,9-10H2;1-8H;1-4H2;3H,2H2,1H3. The van der Waals surface area contributed by atoms with Gasteiger partial charge in [-0.15, -0.1) is 0 Å². The van der Waals surface area contributed by atoms with Gasteiger partial charge in [-0.2, -0.15) is 0 Å². The minimum absolute atomic E-state index is 0.250. The highest BCUT2D eigenvalue weighted by Gasteiger charge is 2.18. The summed E-state index contributed by atoms with van der Waals surface area (Å²) in [7, 11) is 0. The molecule has 0 aliphatic carbocycles. The number of nitrogens with two attached hydrogens (primary N) is 2. The highest BCUT2D eigenvalue weighted by atomic mass is 79.9. The molecular weight excluding hydrogens is 832 g/mol. The predicted molar refractivity (Wildman–Crippen MR) is 199 cm³/mol. The number of aliphatic hydroxyl groups excluding tert-OH is 1. The molecule has 0 atom stereocenters. The van der Waals surface area contributed by atoms with E-state index >= 15 is 0 Å². The Morgan fingerprint density at radius 1 is 0.578 bits per heavy atom. The van der Waals surface area contributed by atoms with Crippen molar-refractivity contribution in [1.29, 1.82) is 0 Å². The predicted octanol–water partition coefficient (Wildman–Crippen LogP) is 7.68. The van der Waals surface area contributed by atoms with E-state index in [1.54, 1.807) is 55.5 Å². The van der Waals surface area contributed by atoms with Crippen molar-refractivity contribution in [3.63, 3.8) is 0 Å². The smallest absolute Gasteiger partial charge is 0.233 e. The lowest BCUT2D eigenvalue weighted by Crippen LogP contribution is -2.22. The number of aliphatic imine (C=N–C) groups is 2. The minimum Gasteiger partial charge on any atom is -0.397 e. The third-order valence-electron chi connectivity index (χ3n) is 5.69. The molecule has 7 nitrogen and oxygen atoms in total. The highest BCUT2D eigenvalue weighted by molar-refractivity contribution is 9.11. The summed E-state index contributed by atoms with van der Waals surface area (Å²) in [5.41, 5.74) is 14.8. The molecule has 0 radical (unpaired) electrons. The van der Waals surface area contributed by atoms with Crippen LogP contribution in [0, 0.1) is 0 Å². The van der Waals surface area contributed by atoms with E-state index in [1.165, 1.54) is 0 Å². The number of halogens is 4. The molecule has 236 valence electrons. The lowest BCUT2D eigenvalue weighted by atomic mass is 9.99. The van der Waals surface area contributed by atoms with Crippen LogP contribution in [0.15, 0.2) is 125 Å². The van der Waals surface area contributed by atoms with Crippen molar-refractivity contribution >= 4 is 86.7 Å². The van der Waals surface area contributed by atoms with Gasteiger partial charge in [-0.1, -0.05) is 88.0 Å². The SMILES string of the molecule is Brc1ccc(C2=NCCN=C2c2ccc(Br)cc2)cc1.CCO.NCCN.O=C(C(=O)c1ccc(Br)cc1)c1ccc(Br)cc1. The lowest BCUT2D eigenvalue weighted by molar-refractivity contribution is 0.0817. The summed E-state index contributed by atoms with van der Waals surface area (Å²) >= 11 is 13.5. The Kier molecular flexibility index (Phi) is 18.2. The second kappa shape index (κ2) is 21.2. The molecule has 0 saturated heterocycles. The first-order chi connectivity index (χ1) is 21.6. The number of carbonyl (C=O) groups excluding carboxylic acids is 2. The van der Waals surface area contributed by atoms with Crippen molar-refractivity contribution in [2.45, 2.75) is 6.92 Å². The van der Waals surface area contributed by atoms with Gasteiger partial charge < -0.3 is 16.6 Å². The van der Waals surface area contributed by atoms with Crippen molar-refractivity contribution in [2.75, 3.05) is 32.8 Å². The van der Waals surface area contributed by atoms with Crippen LogP contribution in [0.5, 0.6) is 0 Å². The lowest BCUT2D eigenvalue weighted by Gasteiger charge is -2.15. The number of ketones is 2. The van der Waals surface area contributed by atoms with Gasteiger partial charge in [0.2, 0.25) is 11.6 Å². The van der Waals surface area contributed by atoms with Gasteiger partial charge >= 0.3 is 0 Å². The number of rotatable bonds is 6. The number of hydrogen-bond donors (Lipinski definition) is 3. The number of Topliss-reactive ketones (excluding diaryl/α,β-unsaturated/α-hetero) is 2. The van der Waals surface area contributed by atoms with E-state index in [0.717, 1.165) is 53.5 Å². The van der Waals surface area contributed by atoms with Gasteiger partial charge in [-0.25, -0.2) is 0 Å². The molecule has 0 saturated carbocycles. The van der Waals surface area contributed by atoms with Gasteiger partial charge in [0.1, 0.15) is 0 Å². The van der Waals surface area contributed by atoms with Crippen LogP contribution in [0.1, 0.15) is 38.8 Å². The fourth-order valence-corrected chi connectivity index (χ4v) is 4.67. The maximum absolute atomic E-state index is 12.0. The van der Waals surface area contributed by atoms with Gasteiger partial charge in [0.25, 0.3) is 0 Å². The molecule has 0 unspecified atom stereocenters. The van der Waals surface area contributed by atoms with Crippen LogP contribution in [-0.4, -0.2) is 60.9 Å². The van der Waals surface area contributed by atoms with Crippen LogP contribution in [0.4, 0.5) is 0 Å². The highest BCUT2D eigenvalue weighted by Crippen LogP contribution is 2.19. The molecule has 1 aliphatic heterocycles. The Labute approximate surface area is 297 Å². The van der Waals surface area contributed by atoms with Gasteiger partial charge in [0, 0.05) is 59.8 Å². The van der Waals surface area contributed by atoms with Gasteiger partial charge in [0.15, 0.2) is 0 Å². The molecule has 1 aliphatic rings. The van der Waals surface area contributed by atoms with Gasteiger partial charge in [-0.3, -0.25) is 19.6 Å². The zero-order valence-electron chi connectivity index (χ0n) is 24.6. The van der Waals surface area contributed by atoms with Crippen LogP contribution in [0.25, 0.3) is 0 Å². The Bertz CT molecular complexity index is 1440. The summed E-state index contributed by atoms with van der Waals surface area (Å²) in [6.07, 6.45) is 0. The maximum Gasteiger partial charge on any atom is 0.233 e. The second-order valence-corrected chi connectivity index (χ2v) is 12.7. The Morgan fingerprint density at radius 3 is 1.07 bits per heavy atom. The van der Waals surface area contributed by atoms with Gasteiger partial charge in [0.05, 0.1) is 24.5 Å². The molecule has 5 N–H and O–H groups in total. The van der Waals surface area contributed by atoms with Crippen LogP contribution < -0.4 is 11.5 Å². The monoisotopic (exact) mass is 862 g/mol. The second-order valence-electron chi connectivity index (χ2n) is 9.04. The summed E-state index contributed by atoms with van der Waals surface area (Å²) in [5.74, 6) is -0.991. The third-order valence-corrected chi connectivity index (χ3v) is 7.80. The van der Waals surface area contributed by atoms with E-state index in [1.807, 2.05) is 24.3 Å². The van der Waals surface area contributed by atoms with E-state index in [9.17, 15) is 9.59 Å². The molecule has 45 heavy (non-hydrogen) atoms. The van der Waals surface area contributed by atoms with Crippen LogP contribution in [0.3, 0.4) is 0 Å². The van der Waals surface area contributed by atoms with Crippen LogP contribution in [-0.2, 0) is 0 Å². The molecule has 0 spiro atoms. The third kappa shape index (κ3) is 13.3. The van der Waals surface area contributed by atoms with E-state index in [2.05, 4.69) is 98.0 Å². The molecule has 4 aromatic carbocycles. The molecule has 0 fully saturated rings. The van der Waals surface area contributed by atoms with E-state index in [-0.39, 0.29) is 6.61 Å². The van der Waals surface area contributed by atoms with Crippen molar-refractivity contribution in [3.8, 4) is 0 Å². The maximum atomic E-state index is 12.0. The Morgan fingerprint density at radius 2 is 0.822 bits per heavy atom. The molecule has 0 bridgehead atoms. The Balaban J connectivity index is 0.000000261. The van der Waals surface area contributed by atoms with Crippen LogP contribution in [0.2, 0.25) is 0 Å². The zero-order chi connectivity index (χ0) is 33.2. The van der Waals surface area contributed by atoms with Crippen molar-refractivity contribution in [2.24, 2.45) is 21.5 Å². The average Bonchev–Trinajstić information content (AvgIpc) is 3.06. The summed E-state index contributed by atoms with van der Waals surface area (Å²) in [4.78, 5) is 33.3. The van der Waals surface area contributed by atoms with Crippen molar-refractivity contribution in [3.05, 3.63) is 137 Å². The first-order valence-corrected chi connectivity index (χ1v) is 17.0. The van der Waals surface area contributed by atoms with Crippen molar-refractivity contribution in [1.82, 2.24) is 0 Å². The van der Waals surface area contributed by atoms with E-state index < -0.39 is 11.6 Å². The molecule has 0 amide bonds. The Hall–Kier alpha value is -2.64. The van der Waals surface area contributed by atoms with E-state index in [0.29, 0.717) is 24.2 Å². The van der Waals surface area contributed by atoms with Crippen molar-refractivity contribution < 1.29 is 14.7 Å². The molecule has 11 heteroatoms. The fraction of sp³-hybridized carbons (Fsp3) is 0.176. The topological polar surface area (TPSA) is 131 Å². The fourth-order valence-electron chi connectivity index (χ4n) is 3.61. The summed E-state index contributed by atoms with van der Waals surface area (Å²) in [5, 5.41) is 7.57. The van der Waals surface area contributed by atoms with E-state index in [4.69, 9.17) is 16.6 Å². The minimum atomic E-state index is -0.496. The molecule has 0 aromatic heterocycles. The quantitative estimate of drug-likeness (QED) is 0.135. The molecule has 5 rings (SSSR count). The average molecular weight is 866 g/mol. The summed E-state index contributed by atoms with van der Waals surface area (Å²) in [6, 6.07) is 29.9. The summed E-state index contributed by atoms with van der Waals surface area (Å²) in [6.45, 7) is 4.64. The largest absolute Gasteiger partial charge is 0.397 e. The summed E-state index contributed by atoms with van der Waals surface area (Å²) < 4.78 is 3.88. The number of nitrogens with zero attached hydrogens (tertiary/aromatic N) is 2. The van der Waals surface area contributed by atoms with Gasteiger partial charge in [-0.05, 0) is 79.7 Å². The molecular formula is C34H34Br4N4O3. The first-order valence-electron chi connectivity index (χ1n) is 13.9. The normalized spacial score (nSPS) is 11.6. The first kappa shape index (κ1) is 38.5.